The molecule has 2 fully saturated rings. The Hall–Kier alpha value is -1.43. The molecule has 0 spiro atoms. The zero-order valence-electron chi connectivity index (χ0n) is 12.7. The summed E-state index contributed by atoms with van der Waals surface area (Å²) in [5.41, 5.74) is 1.08. The number of amides is 1. The predicted octanol–water partition coefficient (Wildman–Crippen LogP) is 2.18. The number of benzene rings is 1. The van der Waals surface area contributed by atoms with E-state index in [0.29, 0.717) is 13.2 Å². The van der Waals surface area contributed by atoms with Crippen LogP contribution >= 0.6 is 0 Å². The van der Waals surface area contributed by atoms with E-state index in [2.05, 4.69) is 5.32 Å². The van der Waals surface area contributed by atoms with Crippen LogP contribution in [-0.4, -0.2) is 38.1 Å². The molecule has 5 heteroatoms. The monoisotopic (exact) mass is 305 g/mol. The van der Waals surface area contributed by atoms with Gasteiger partial charge in [0.25, 0.3) is 0 Å². The van der Waals surface area contributed by atoms with Crippen LogP contribution in [0, 0.1) is 0 Å². The topological polar surface area (TPSA) is 56.8 Å². The van der Waals surface area contributed by atoms with Gasteiger partial charge in [-0.25, -0.2) is 0 Å². The van der Waals surface area contributed by atoms with Gasteiger partial charge in [-0.1, -0.05) is 30.3 Å². The molecule has 0 radical (unpaired) electrons. The molecular weight excluding hydrogens is 282 g/mol. The highest BCUT2D eigenvalue weighted by Gasteiger charge is 2.29. The third-order valence-corrected chi connectivity index (χ3v) is 4.06. The van der Waals surface area contributed by atoms with Crippen molar-refractivity contribution in [2.75, 3.05) is 19.8 Å². The molecule has 1 aromatic rings. The highest BCUT2D eigenvalue weighted by Crippen LogP contribution is 2.27. The maximum Gasteiger partial charge on any atom is 0.225 e. The first-order chi connectivity index (χ1) is 10.8. The minimum Gasteiger partial charge on any atom is -0.376 e. The second kappa shape index (κ2) is 7.72. The summed E-state index contributed by atoms with van der Waals surface area (Å²) in [6.07, 6.45) is 2.75. The fourth-order valence-electron chi connectivity index (χ4n) is 2.95. The first-order valence-electron chi connectivity index (χ1n) is 8.02. The Labute approximate surface area is 130 Å². The molecule has 0 aliphatic carbocycles. The lowest BCUT2D eigenvalue weighted by Crippen LogP contribution is -2.39. The molecule has 2 atom stereocenters. The van der Waals surface area contributed by atoms with Gasteiger partial charge in [-0.3, -0.25) is 4.79 Å². The van der Waals surface area contributed by atoms with Crippen molar-refractivity contribution in [2.45, 2.75) is 44.1 Å². The molecule has 2 saturated heterocycles. The predicted molar refractivity (Wildman–Crippen MR) is 81.2 cm³/mol. The van der Waals surface area contributed by atoms with Crippen LogP contribution in [-0.2, 0) is 19.0 Å². The highest BCUT2D eigenvalue weighted by atomic mass is 16.7. The van der Waals surface area contributed by atoms with Crippen LogP contribution in [0.3, 0.4) is 0 Å². The van der Waals surface area contributed by atoms with Crippen LogP contribution in [0.4, 0.5) is 0 Å². The summed E-state index contributed by atoms with van der Waals surface area (Å²) in [4.78, 5) is 12.3. The molecule has 0 saturated carbocycles. The Balaban J connectivity index is 1.63. The molecule has 22 heavy (non-hydrogen) atoms. The molecule has 2 aliphatic heterocycles. The fraction of sp³-hybridized carbons (Fsp3) is 0.588. The van der Waals surface area contributed by atoms with Crippen LogP contribution in [0.25, 0.3) is 0 Å². The van der Waals surface area contributed by atoms with E-state index >= 15 is 0 Å². The Morgan fingerprint density at radius 3 is 2.50 bits per heavy atom. The summed E-state index contributed by atoms with van der Waals surface area (Å²) in [7, 11) is 0. The summed E-state index contributed by atoms with van der Waals surface area (Å²) in [5, 5.41) is 3.10. The van der Waals surface area contributed by atoms with Crippen LogP contribution < -0.4 is 5.32 Å². The van der Waals surface area contributed by atoms with Gasteiger partial charge in [0.1, 0.15) is 0 Å². The molecule has 0 bridgehead atoms. The van der Waals surface area contributed by atoms with Crippen molar-refractivity contribution in [3.63, 3.8) is 0 Å². The number of rotatable bonds is 5. The molecule has 2 aliphatic rings. The highest BCUT2D eigenvalue weighted by molar-refractivity contribution is 5.76. The summed E-state index contributed by atoms with van der Waals surface area (Å²) in [6, 6.07) is 9.88. The van der Waals surface area contributed by atoms with E-state index in [4.69, 9.17) is 14.2 Å². The van der Waals surface area contributed by atoms with E-state index in [1.165, 1.54) is 0 Å². The molecule has 0 aromatic heterocycles. The second-order valence-electron chi connectivity index (χ2n) is 5.74. The second-order valence-corrected chi connectivity index (χ2v) is 5.74. The molecular formula is C17H23NO4. The summed E-state index contributed by atoms with van der Waals surface area (Å²) < 4.78 is 16.7. The molecule has 1 amide bonds. The SMILES string of the molecule is O=C(CC1OCCCO1)NC(c1ccccc1)C1CCCO1. The van der Waals surface area contributed by atoms with Gasteiger partial charge in [0, 0.05) is 6.61 Å². The molecule has 1 aromatic carbocycles. The van der Waals surface area contributed by atoms with Crippen molar-refractivity contribution in [3.8, 4) is 0 Å². The Bertz CT molecular complexity index is 467. The smallest absolute Gasteiger partial charge is 0.225 e. The molecule has 3 rings (SSSR count). The number of nitrogens with one attached hydrogen (secondary N) is 1. The van der Waals surface area contributed by atoms with Gasteiger partial charge in [0.05, 0.1) is 31.8 Å². The molecule has 1 N–H and O–H groups in total. The van der Waals surface area contributed by atoms with Gasteiger partial charge < -0.3 is 19.5 Å². The quantitative estimate of drug-likeness (QED) is 0.906. The zero-order chi connectivity index (χ0) is 15.2. The maximum atomic E-state index is 12.3. The number of ether oxygens (including phenoxy) is 3. The lowest BCUT2D eigenvalue weighted by molar-refractivity contribution is -0.184. The Morgan fingerprint density at radius 1 is 1.09 bits per heavy atom. The van der Waals surface area contributed by atoms with E-state index < -0.39 is 6.29 Å². The average molecular weight is 305 g/mol. The summed E-state index contributed by atoms with van der Waals surface area (Å²) in [6.45, 7) is 2.08. The minimum atomic E-state index is -0.422. The van der Waals surface area contributed by atoms with E-state index in [9.17, 15) is 4.79 Å². The van der Waals surface area contributed by atoms with Gasteiger partial charge in [0.15, 0.2) is 6.29 Å². The molecule has 120 valence electrons. The first-order valence-corrected chi connectivity index (χ1v) is 8.02. The van der Waals surface area contributed by atoms with Gasteiger partial charge >= 0.3 is 0 Å². The number of hydrogen-bond donors (Lipinski definition) is 1. The van der Waals surface area contributed by atoms with Gasteiger partial charge in [-0.05, 0) is 24.8 Å². The fourth-order valence-corrected chi connectivity index (χ4v) is 2.95. The summed E-state index contributed by atoms with van der Waals surface area (Å²) >= 11 is 0. The lowest BCUT2D eigenvalue weighted by atomic mass is 9.99. The van der Waals surface area contributed by atoms with Gasteiger partial charge in [0.2, 0.25) is 5.91 Å². The van der Waals surface area contributed by atoms with Gasteiger partial charge in [-0.15, -0.1) is 0 Å². The first kappa shape index (κ1) is 15.5. The standard InChI is InChI=1S/C17H23NO4/c19-15(12-16-21-10-5-11-22-16)18-17(14-8-4-9-20-14)13-6-2-1-3-7-13/h1-3,6-7,14,16-17H,4-5,8-12H2,(H,18,19). The van der Waals surface area contributed by atoms with E-state index in [-0.39, 0.29) is 24.5 Å². The van der Waals surface area contributed by atoms with Crippen molar-refractivity contribution < 1.29 is 19.0 Å². The van der Waals surface area contributed by atoms with Crippen molar-refractivity contribution in [2.24, 2.45) is 0 Å². The molecule has 2 unspecified atom stereocenters. The van der Waals surface area contributed by atoms with Crippen molar-refractivity contribution in [3.05, 3.63) is 35.9 Å². The van der Waals surface area contributed by atoms with E-state index in [1.54, 1.807) is 0 Å². The van der Waals surface area contributed by atoms with E-state index in [0.717, 1.165) is 31.4 Å². The average Bonchev–Trinajstić information content (AvgIpc) is 3.08. The number of hydrogen-bond acceptors (Lipinski definition) is 4. The zero-order valence-corrected chi connectivity index (χ0v) is 12.7. The van der Waals surface area contributed by atoms with Crippen LogP contribution in [0.2, 0.25) is 0 Å². The normalized spacial score (nSPS) is 24.1. The van der Waals surface area contributed by atoms with E-state index in [1.807, 2.05) is 30.3 Å². The van der Waals surface area contributed by atoms with Gasteiger partial charge in [-0.2, -0.15) is 0 Å². The van der Waals surface area contributed by atoms with Crippen molar-refractivity contribution in [1.29, 1.82) is 0 Å². The largest absolute Gasteiger partial charge is 0.376 e. The Morgan fingerprint density at radius 2 is 1.82 bits per heavy atom. The molecule has 2 heterocycles. The Kier molecular flexibility index (Phi) is 5.43. The van der Waals surface area contributed by atoms with Crippen LogP contribution in [0.15, 0.2) is 30.3 Å². The lowest BCUT2D eigenvalue weighted by Gasteiger charge is -2.27. The van der Waals surface area contributed by atoms with Crippen molar-refractivity contribution >= 4 is 5.91 Å². The number of carbonyl (C=O) groups excluding carboxylic acids is 1. The van der Waals surface area contributed by atoms with Crippen LogP contribution in [0.1, 0.15) is 37.3 Å². The third kappa shape index (κ3) is 4.06. The minimum absolute atomic E-state index is 0.0412. The number of carbonyl (C=O) groups is 1. The summed E-state index contributed by atoms with van der Waals surface area (Å²) in [5.74, 6) is -0.0590. The van der Waals surface area contributed by atoms with Crippen molar-refractivity contribution in [1.82, 2.24) is 5.32 Å². The maximum absolute atomic E-state index is 12.3. The van der Waals surface area contributed by atoms with Crippen LogP contribution in [0.5, 0.6) is 0 Å². The third-order valence-electron chi connectivity index (χ3n) is 4.06. The molecule has 5 nitrogen and oxygen atoms in total.